The predicted octanol–water partition coefficient (Wildman–Crippen LogP) is -2.57. The SMILES string of the molecule is CC(=O)NNC(=O)CN1CCNC(=O)C1CC(=O)O. The zero-order chi connectivity index (χ0) is 14.4. The molecule has 1 fully saturated rings. The average molecular weight is 272 g/mol. The largest absolute Gasteiger partial charge is 0.481 e. The molecule has 0 aromatic heterocycles. The van der Waals surface area contributed by atoms with Gasteiger partial charge in [-0.15, -0.1) is 0 Å². The lowest BCUT2D eigenvalue weighted by Crippen LogP contribution is -2.58. The third kappa shape index (κ3) is 4.92. The Labute approximate surface area is 109 Å². The Kier molecular flexibility index (Phi) is 5.24. The zero-order valence-electron chi connectivity index (χ0n) is 10.4. The van der Waals surface area contributed by atoms with Crippen LogP contribution in [0.1, 0.15) is 13.3 Å². The molecule has 4 N–H and O–H groups in total. The average Bonchev–Trinajstić information content (AvgIpc) is 2.30. The number of amides is 3. The van der Waals surface area contributed by atoms with Gasteiger partial charge in [-0.1, -0.05) is 0 Å². The second kappa shape index (κ2) is 6.69. The van der Waals surface area contributed by atoms with Crippen LogP contribution in [0.5, 0.6) is 0 Å². The first-order valence-corrected chi connectivity index (χ1v) is 5.69. The molecule has 9 nitrogen and oxygen atoms in total. The summed E-state index contributed by atoms with van der Waals surface area (Å²) in [5, 5.41) is 11.3. The maximum Gasteiger partial charge on any atom is 0.305 e. The van der Waals surface area contributed by atoms with Crippen molar-refractivity contribution in [1.29, 1.82) is 0 Å². The molecular weight excluding hydrogens is 256 g/mol. The number of carbonyl (C=O) groups is 4. The van der Waals surface area contributed by atoms with Crippen LogP contribution in [0, 0.1) is 0 Å². The van der Waals surface area contributed by atoms with Crippen molar-refractivity contribution in [3.63, 3.8) is 0 Å². The van der Waals surface area contributed by atoms with Gasteiger partial charge in [-0.25, -0.2) is 0 Å². The number of aliphatic carboxylic acids is 1. The number of carboxylic acids is 1. The highest BCUT2D eigenvalue weighted by Crippen LogP contribution is 2.08. The number of carboxylic acid groups (broad SMARTS) is 1. The molecule has 0 aromatic carbocycles. The third-order valence-electron chi connectivity index (χ3n) is 2.53. The van der Waals surface area contributed by atoms with E-state index in [-0.39, 0.29) is 13.0 Å². The first kappa shape index (κ1) is 14.9. The van der Waals surface area contributed by atoms with Gasteiger partial charge >= 0.3 is 5.97 Å². The topological polar surface area (TPSA) is 128 Å². The summed E-state index contributed by atoms with van der Waals surface area (Å²) in [6.45, 7) is 1.80. The summed E-state index contributed by atoms with van der Waals surface area (Å²) in [5.41, 5.74) is 4.28. The van der Waals surface area contributed by atoms with Crippen LogP contribution in [0.4, 0.5) is 0 Å². The highest BCUT2D eigenvalue weighted by molar-refractivity contribution is 5.88. The number of nitrogens with zero attached hydrogens (tertiary/aromatic N) is 1. The molecule has 1 aliphatic rings. The van der Waals surface area contributed by atoms with Crippen LogP contribution < -0.4 is 16.2 Å². The number of nitrogens with one attached hydrogen (secondary N) is 3. The summed E-state index contributed by atoms with van der Waals surface area (Å²) in [6, 6.07) is -0.880. The maximum absolute atomic E-state index is 11.6. The van der Waals surface area contributed by atoms with Crippen LogP contribution in [0.25, 0.3) is 0 Å². The Bertz CT molecular complexity index is 397. The lowest BCUT2D eigenvalue weighted by atomic mass is 10.1. The molecule has 1 aliphatic heterocycles. The Morgan fingerprint density at radius 2 is 2.11 bits per heavy atom. The predicted molar refractivity (Wildman–Crippen MR) is 62.6 cm³/mol. The van der Waals surface area contributed by atoms with Crippen LogP contribution in [0.15, 0.2) is 0 Å². The summed E-state index contributed by atoms with van der Waals surface area (Å²) in [4.78, 5) is 45.9. The zero-order valence-corrected chi connectivity index (χ0v) is 10.4. The summed E-state index contributed by atoms with van der Waals surface area (Å²) in [6.07, 6.45) is -0.376. The lowest BCUT2D eigenvalue weighted by molar-refractivity contribution is -0.144. The quantitative estimate of drug-likeness (QED) is 0.416. The number of hydrogen-bond donors (Lipinski definition) is 4. The maximum atomic E-state index is 11.6. The number of rotatable bonds is 4. The number of piperazine rings is 1. The van der Waals surface area contributed by atoms with E-state index in [1.54, 1.807) is 0 Å². The molecule has 106 valence electrons. The first-order chi connectivity index (χ1) is 8.90. The monoisotopic (exact) mass is 272 g/mol. The van der Waals surface area contributed by atoms with Gasteiger partial charge in [0.1, 0.15) is 6.04 Å². The van der Waals surface area contributed by atoms with E-state index in [2.05, 4.69) is 16.2 Å². The summed E-state index contributed by atoms with van der Waals surface area (Å²) in [7, 11) is 0. The van der Waals surface area contributed by atoms with Crippen LogP contribution in [-0.2, 0) is 19.2 Å². The van der Waals surface area contributed by atoms with Gasteiger partial charge < -0.3 is 10.4 Å². The van der Waals surface area contributed by atoms with Crippen molar-refractivity contribution in [2.45, 2.75) is 19.4 Å². The minimum Gasteiger partial charge on any atom is -0.481 e. The highest BCUT2D eigenvalue weighted by Gasteiger charge is 2.32. The van der Waals surface area contributed by atoms with Gasteiger partial charge in [0.25, 0.3) is 5.91 Å². The molecule has 1 rings (SSSR count). The van der Waals surface area contributed by atoms with Gasteiger partial charge in [0.15, 0.2) is 0 Å². The Morgan fingerprint density at radius 1 is 1.42 bits per heavy atom. The van der Waals surface area contributed by atoms with E-state index in [0.29, 0.717) is 13.1 Å². The second-order valence-corrected chi connectivity index (χ2v) is 4.10. The van der Waals surface area contributed by atoms with E-state index in [1.807, 2.05) is 0 Å². The molecule has 0 saturated carbocycles. The Balaban J connectivity index is 2.57. The second-order valence-electron chi connectivity index (χ2n) is 4.10. The van der Waals surface area contributed by atoms with Crippen molar-refractivity contribution in [2.24, 2.45) is 0 Å². The smallest absolute Gasteiger partial charge is 0.305 e. The van der Waals surface area contributed by atoms with Gasteiger partial charge in [-0.3, -0.25) is 34.9 Å². The van der Waals surface area contributed by atoms with Crippen molar-refractivity contribution in [2.75, 3.05) is 19.6 Å². The van der Waals surface area contributed by atoms with Crippen LogP contribution >= 0.6 is 0 Å². The van der Waals surface area contributed by atoms with Crippen molar-refractivity contribution in [3.8, 4) is 0 Å². The van der Waals surface area contributed by atoms with E-state index in [0.717, 1.165) is 0 Å². The standard InChI is InChI=1S/C10H16N4O5/c1-6(15)12-13-8(16)5-14-3-2-11-10(19)7(14)4-9(17)18/h7H,2-5H2,1H3,(H,11,19)(H,12,15)(H,13,16)(H,17,18). The van der Waals surface area contributed by atoms with Gasteiger partial charge in [-0.2, -0.15) is 0 Å². The minimum absolute atomic E-state index is 0.161. The van der Waals surface area contributed by atoms with Crippen molar-refractivity contribution >= 4 is 23.7 Å². The fourth-order valence-corrected chi connectivity index (χ4v) is 1.72. The molecule has 1 unspecified atom stereocenters. The summed E-state index contributed by atoms with van der Waals surface area (Å²) in [5.74, 6) is -2.47. The number of hydrazine groups is 1. The molecule has 0 spiro atoms. The lowest BCUT2D eigenvalue weighted by Gasteiger charge is -2.33. The third-order valence-corrected chi connectivity index (χ3v) is 2.53. The molecule has 0 radical (unpaired) electrons. The van der Waals surface area contributed by atoms with E-state index in [1.165, 1.54) is 11.8 Å². The van der Waals surface area contributed by atoms with Gasteiger partial charge in [0.05, 0.1) is 13.0 Å². The molecule has 0 aliphatic carbocycles. The molecule has 1 atom stereocenters. The number of carbonyl (C=O) groups excluding carboxylic acids is 3. The molecule has 0 bridgehead atoms. The van der Waals surface area contributed by atoms with E-state index >= 15 is 0 Å². The molecule has 1 saturated heterocycles. The molecule has 3 amide bonds. The highest BCUT2D eigenvalue weighted by atomic mass is 16.4. The summed E-state index contributed by atoms with van der Waals surface area (Å²) < 4.78 is 0. The first-order valence-electron chi connectivity index (χ1n) is 5.69. The van der Waals surface area contributed by atoms with Gasteiger partial charge in [0.2, 0.25) is 11.8 Å². The van der Waals surface area contributed by atoms with Gasteiger partial charge in [-0.05, 0) is 0 Å². The van der Waals surface area contributed by atoms with E-state index in [9.17, 15) is 19.2 Å². The van der Waals surface area contributed by atoms with Crippen LogP contribution in [-0.4, -0.2) is 59.4 Å². The van der Waals surface area contributed by atoms with Crippen molar-refractivity contribution in [1.82, 2.24) is 21.1 Å². The molecular formula is C10H16N4O5. The Morgan fingerprint density at radius 3 is 2.68 bits per heavy atom. The van der Waals surface area contributed by atoms with Gasteiger partial charge in [0, 0.05) is 20.0 Å². The molecule has 9 heteroatoms. The molecule has 1 heterocycles. The molecule has 0 aromatic rings. The molecule has 19 heavy (non-hydrogen) atoms. The normalized spacial score (nSPS) is 19.4. The van der Waals surface area contributed by atoms with Crippen LogP contribution in [0.3, 0.4) is 0 Å². The fourth-order valence-electron chi connectivity index (χ4n) is 1.72. The van der Waals surface area contributed by atoms with Crippen molar-refractivity contribution < 1.29 is 24.3 Å². The Hall–Kier alpha value is -2.16. The van der Waals surface area contributed by atoms with Crippen LogP contribution in [0.2, 0.25) is 0 Å². The minimum atomic E-state index is -1.12. The van der Waals surface area contributed by atoms with E-state index in [4.69, 9.17) is 5.11 Å². The summed E-state index contributed by atoms with van der Waals surface area (Å²) >= 11 is 0. The van der Waals surface area contributed by atoms with Crippen molar-refractivity contribution in [3.05, 3.63) is 0 Å². The van der Waals surface area contributed by atoms with E-state index < -0.39 is 29.7 Å². The number of hydrogen-bond acceptors (Lipinski definition) is 5. The fraction of sp³-hybridized carbons (Fsp3) is 0.600.